The van der Waals surface area contributed by atoms with Gasteiger partial charge in [0.2, 0.25) is 0 Å². The summed E-state index contributed by atoms with van der Waals surface area (Å²) < 4.78 is 0. The highest BCUT2D eigenvalue weighted by molar-refractivity contribution is 5.96. The van der Waals surface area contributed by atoms with Gasteiger partial charge in [-0.25, -0.2) is 4.98 Å². The van der Waals surface area contributed by atoms with Crippen molar-refractivity contribution in [1.29, 1.82) is 0 Å². The molecule has 1 amide bonds. The van der Waals surface area contributed by atoms with E-state index in [2.05, 4.69) is 22.1 Å². The molecule has 2 bridgehead atoms. The number of hydrogen-bond acceptors (Lipinski definition) is 5. The predicted octanol–water partition coefficient (Wildman–Crippen LogP) is 1.20. The largest absolute Gasteiger partial charge is 0.394 e. The molecule has 2 atom stereocenters. The van der Waals surface area contributed by atoms with E-state index in [0.29, 0.717) is 23.2 Å². The lowest BCUT2D eigenvalue weighted by atomic mass is 9.64. The van der Waals surface area contributed by atoms with Crippen molar-refractivity contribution >= 4 is 5.91 Å². The van der Waals surface area contributed by atoms with Gasteiger partial charge in [-0.05, 0) is 43.7 Å². The van der Waals surface area contributed by atoms with Gasteiger partial charge < -0.3 is 10.0 Å². The smallest absolute Gasteiger partial charge is 0.275 e. The van der Waals surface area contributed by atoms with Crippen molar-refractivity contribution < 1.29 is 9.90 Å². The molecule has 1 unspecified atom stereocenters. The Kier molecular flexibility index (Phi) is 3.60. The molecule has 1 aliphatic carbocycles. The average Bonchev–Trinajstić information content (AvgIpc) is 3.06. The van der Waals surface area contributed by atoms with E-state index in [1.54, 1.807) is 12.4 Å². The normalized spacial score (nSPS) is 28.5. The maximum Gasteiger partial charge on any atom is 0.275 e. The number of piperidine rings is 2. The number of rotatable bonds is 3. The van der Waals surface area contributed by atoms with Crippen LogP contribution in [0.25, 0.3) is 5.69 Å². The minimum Gasteiger partial charge on any atom is -0.394 e. The van der Waals surface area contributed by atoms with Crippen molar-refractivity contribution in [3.05, 3.63) is 35.9 Å². The summed E-state index contributed by atoms with van der Waals surface area (Å²) >= 11 is 0. The number of amides is 1. The number of carbonyl (C=O) groups excluding carboxylic acids is 1. The van der Waals surface area contributed by atoms with E-state index >= 15 is 0 Å². The number of aliphatic hydroxyl groups excluding tert-OH is 1. The third kappa shape index (κ3) is 2.23. The molecule has 2 saturated heterocycles. The lowest BCUT2D eigenvalue weighted by molar-refractivity contribution is -0.0704. The van der Waals surface area contributed by atoms with Crippen LogP contribution in [0.3, 0.4) is 0 Å². The van der Waals surface area contributed by atoms with Crippen LogP contribution in [0.1, 0.15) is 35.9 Å². The molecule has 2 aliphatic heterocycles. The minimum absolute atomic E-state index is 0.0128. The molecule has 7 nitrogen and oxygen atoms in total. The molecule has 5 rings (SSSR count). The van der Waals surface area contributed by atoms with Gasteiger partial charge in [0.05, 0.1) is 25.0 Å². The maximum atomic E-state index is 13.3. The van der Waals surface area contributed by atoms with Gasteiger partial charge in [0.1, 0.15) is 5.69 Å². The number of aliphatic hydroxyl groups is 1. The Morgan fingerprint density at radius 2 is 2.00 bits per heavy atom. The topological polar surface area (TPSA) is 84.1 Å². The van der Waals surface area contributed by atoms with Crippen LogP contribution in [-0.4, -0.2) is 54.6 Å². The minimum atomic E-state index is -0.143. The predicted molar refractivity (Wildman–Crippen MR) is 86.6 cm³/mol. The highest BCUT2D eigenvalue weighted by atomic mass is 16.3. The first-order chi connectivity index (χ1) is 11.6. The lowest BCUT2D eigenvalue weighted by Crippen LogP contribution is -2.64. The molecule has 1 N–H and O–H groups in total. The molecule has 1 saturated carbocycles. The van der Waals surface area contributed by atoms with Gasteiger partial charge in [-0.15, -0.1) is 4.80 Å². The molecule has 3 aliphatic rings. The van der Waals surface area contributed by atoms with Crippen LogP contribution in [0.5, 0.6) is 0 Å². The van der Waals surface area contributed by atoms with Crippen LogP contribution in [0.15, 0.2) is 24.5 Å². The SMILES string of the molecule is Cc1ccc(-n2nccn2)c(C(=O)N2C3CC(C3)[C@@H](C)C2CO)n1. The van der Waals surface area contributed by atoms with Crippen LogP contribution in [0.4, 0.5) is 0 Å². The highest BCUT2D eigenvalue weighted by Crippen LogP contribution is 2.46. The van der Waals surface area contributed by atoms with Crippen LogP contribution in [-0.2, 0) is 0 Å². The van der Waals surface area contributed by atoms with Gasteiger partial charge in [-0.3, -0.25) is 4.79 Å². The Morgan fingerprint density at radius 1 is 1.29 bits per heavy atom. The quantitative estimate of drug-likeness (QED) is 0.916. The second-order valence-electron chi connectivity index (χ2n) is 6.85. The number of aryl methyl sites for hydroxylation is 1. The maximum absolute atomic E-state index is 13.3. The number of nitrogens with zero attached hydrogens (tertiary/aromatic N) is 5. The molecule has 2 aromatic rings. The summed E-state index contributed by atoms with van der Waals surface area (Å²) in [5.41, 5.74) is 1.69. The zero-order valence-electron chi connectivity index (χ0n) is 13.8. The van der Waals surface area contributed by atoms with Crippen LogP contribution < -0.4 is 0 Å². The van der Waals surface area contributed by atoms with E-state index in [0.717, 1.165) is 18.5 Å². The fraction of sp³-hybridized carbons (Fsp3) is 0.529. The summed E-state index contributed by atoms with van der Waals surface area (Å²) in [6, 6.07) is 3.73. The van der Waals surface area contributed by atoms with E-state index in [1.165, 1.54) is 4.80 Å². The van der Waals surface area contributed by atoms with E-state index < -0.39 is 0 Å². The molecule has 24 heavy (non-hydrogen) atoms. The van der Waals surface area contributed by atoms with E-state index in [4.69, 9.17) is 0 Å². The number of carbonyl (C=O) groups is 1. The highest BCUT2D eigenvalue weighted by Gasteiger charge is 2.50. The van der Waals surface area contributed by atoms with Crippen LogP contribution in [0, 0.1) is 18.8 Å². The lowest BCUT2D eigenvalue weighted by Gasteiger charge is -2.56. The molecule has 3 fully saturated rings. The Hall–Kier alpha value is -2.28. The first kappa shape index (κ1) is 15.3. The molecule has 0 spiro atoms. The fourth-order valence-electron chi connectivity index (χ4n) is 4.03. The van der Waals surface area contributed by atoms with E-state index in [1.807, 2.05) is 24.0 Å². The molecular weight excluding hydrogens is 306 g/mol. The van der Waals surface area contributed by atoms with Crippen molar-refractivity contribution in [2.75, 3.05) is 6.61 Å². The Balaban J connectivity index is 1.75. The van der Waals surface area contributed by atoms with Crippen molar-refractivity contribution in [2.24, 2.45) is 11.8 Å². The van der Waals surface area contributed by atoms with Gasteiger partial charge in [-0.1, -0.05) is 6.92 Å². The molecule has 2 aromatic heterocycles. The average molecular weight is 327 g/mol. The van der Waals surface area contributed by atoms with Crippen LogP contribution in [0.2, 0.25) is 0 Å². The van der Waals surface area contributed by atoms with Gasteiger partial charge in [0.15, 0.2) is 5.69 Å². The van der Waals surface area contributed by atoms with Crippen molar-refractivity contribution in [2.45, 2.75) is 38.8 Å². The number of pyridine rings is 1. The van der Waals surface area contributed by atoms with Crippen molar-refractivity contribution in [3.8, 4) is 5.69 Å². The third-order valence-corrected chi connectivity index (χ3v) is 5.52. The molecule has 126 valence electrons. The summed E-state index contributed by atoms with van der Waals surface area (Å²) in [6.07, 6.45) is 5.18. The van der Waals surface area contributed by atoms with Crippen molar-refractivity contribution in [3.63, 3.8) is 0 Å². The van der Waals surface area contributed by atoms with Gasteiger partial charge in [0, 0.05) is 11.7 Å². The monoisotopic (exact) mass is 327 g/mol. The molecule has 7 heteroatoms. The molecule has 4 heterocycles. The summed E-state index contributed by atoms with van der Waals surface area (Å²) in [4.78, 5) is 21.0. The van der Waals surface area contributed by atoms with Gasteiger partial charge in [-0.2, -0.15) is 10.2 Å². The zero-order chi connectivity index (χ0) is 16.8. The molecule has 0 radical (unpaired) electrons. The number of hydrogen-bond donors (Lipinski definition) is 1. The van der Waals surface area contributed by atoms with E-state index in [-0.39, 0.29) is 24.6 Å². The van der Waals surface area contributed by atoms with Gasteiger partial charge >= 0.3 is 0 Å². The van der Waals surface area contributed by atoms with Crippen LogP contribution >= 0.6 is 0 Å². The standard InChI is InChI=1S/C17H21N5O2/c1-10-3-4-14(22-18-5-6-19-22)16(20-10)17(24)21-13-7-12(8-13)11(2)15(21)9-23/h3-6,11-13,15,23H,7-9H2,1-2H3/t11-,12?,13?,15?/m1/s1. The van der Waals surface area contributed by atoms with E-state index in [9.17, 15) is 9.90 Å². The second-order valence-corrected chi connectivity index (χ2v) is 6.85. The molecular formula is C17H21N5O2. The number of fused-ring (bicyclic) bond motifs is 2. The summed E-state index contributed by atoms with van der Waals surface area (Å²) in [6.45, 7) is 3.97. The Labute approximate surface area is 140 Å². The zero-order valence-corrected chi connectivity index (χ0v) is 13.8. The molecule has 0 aromatic carbocycles. The summed E-state index contributed by atoms with van der Waals surface area (Å²) in [5.74, 6) is 0.786. The Bertz CT molecular complexity index is 754. The summed E-state index contributed by atoms with van der Waals surface area (Å²) in [7, 11) is 0. The van der Waals surface area contributed by atoms with Gasteiger partial charge in [0.25, 0.3) is 5.91 Å². The summed E-state index contributed by atoms with van der Waals surface area (Å²) in [5, 5.41) is 18.1. The first-order valence-corrected chi connectivity index (χ1v) is 8.38. The third-order valence-electron chi connectivity index (χ3n) is 5.52. The first-order valence-electron chi connectivity index (χ1n) is 8.38. The second kappa shape index (κ2) is 5.66. The number of aromatic nitrogens is 4. The fourth-order valence-corrected chi connectivity index (χ4v) is 4.03. The Morgan fingerprint density at radius 3 is 2.67 bits per heavy atom. The van der Waals surface area contributed by atoms with Crippen molar-refractivity contribution in [1.82, 2.24) is 24.9 Å².